The van der Waals surface area contributed by atoms with Gasteiger partial charge < -0.3 is 9.64 Å². The molecule has 1 spiro atoms. The number of nitrogens with zero attached hydrogens (tertiary/aromatic N) is 2. The summed E-state index contributed by atoms with van der Waals surface area (Å²) in [7, 11) is 0. The summed E-state index contributed by atoms with van der Waals surface area (Å²) in [5, 5.41) is 1.82. The maximum Gasteiger partial charge on any atom is 0.229 e. The summed E-state index contributed by atoms with van der Waals surface area (Å²) in [6.07, 6.45) is 1.56. The predicted molar refractivity (Wildman–Crippen MR) is 127 cm³/mol. The lowest BCUT2D eigenvalue weighted by Crippen LogP contribution is -2.62. The Bertz CT molecular complexity index is 1570. The third kappa shape index (κ3) is 2.81. The molecule has 2 heterocycles. The number of para-hydroxylation sites is 1. The molecule has 0 bridgehead atoms. The molecule has 0 aromatic heterocycles. The van der Waals surface area contributed by atoms with Gasteiger partial charge in [-0.15, -0.1) is 0 Å². The van der Waals surface area contributed by atoms with Crippen molar-refractivity contribution in [1.82, 2.24) is 0 Å². The maximum atomic E-state index is 14.8. The maximum absolute atomic E-state index is 14.8. The fourth-order valence-electron chi connectivity index (χ4n) is 5.31. The van der Waals surface area contributed by atoms with Crippen LogP contribution < -0.4 is 9.64 Å². The van der Waals surface area contributed by atoms with E-state index in [1.54, 1.807) is 24.4 Å². The van der Waals surface area contributed by atoms with E-state index >= 15 is 0 Å². The number of ether oxygens (including phenoxy) is 1. The standard InChI is InChI=1S/C28H19F5N2O/c1-27(2)18-9-5-6-10-19(18)35(13-17-21(29)23(31)25(33)24(32)22(17)30)28(27)14-34-26-16-8-4-3-7-15(16)11-12-20(26)36-28/h3-12,14H,13H2,1-2H3. The first-order chi connectivity index (χ1) is 17.2. The Morgan fingerprint density at radius 3 is 2.17 bits per heavy atom. The van der Waals surface area contributed by atoms with E-state index < -0.39 is 52.3 Å². The van der Waals surface area contributed by atoms with Crippen molar-refractivity contribution < 1.29 is 26.7 Å². The van der Waals surface area contributed by atoms with Crippen LogP contribution in [0.3, 0.4) is 0 Å². The molecule has 0 aliphatic carbocycles. The first-order valence-corrected chi connectivity index (χ1v) is 11.3. The molecule has 8 heteroatoms. The quantitative estimate of drug-likeness (QED) is 0.166. The topological polar surface area (TPSA) is 24.8 Å². The lowest BCUT2D eigenvalue weighted by Gasteiger charge is -2.46. The molecule has 1 atom stereocenters. The average Bonchev–Trinajstić information content (AvgIpc) is 3.06. The molecule has 0 saturated heterocycles. The van der Waals surface area contributed by atoms with Crippen LogP contribution >= 0.6 is 0 Å². The summed E-state index contributed by atoms with van der Waals surface area (Å²) >= 11 is 0. The van der Waals surface area contributed by atoms with E-state index in [1.807, 2.05) is 56.3 Å². The van der Waals surface area contributed by atoms with Crippen LogP contribution in [0.5, 0.6) is 5.75 Å². The number of halogens is 5. The number of hydrogen-bond donors (Lipinski definition) is 0. The van der Waals surface area contributed by atoms with Gasteiger partial charge in [-0.05, 0) is 36.9 Å². The highest BCUT2D eigenvalue weighted by Gasteiger charge is 2.60. The number of benzene rings is 4. The van der Waals surface area contributed by atoms with Crippen LogP contribution in [0.15, 0.2) is 65.7 Å². The van der Waals surface area contributed by atoms with E-state index in [-0.39, 0.29) is 0 Å². The van der Waals surface area contributed by atoms with Crippen molar-refractivity contribution in [3.63, 3.8) is 0 Å². The van der Waals surface area contributed by atoms with Gasteiger partial charge in [0.2, 0.25) is 11.5 Å². The smallest absolute Gasteiger partial charge is 0.229 e. The molecule has 4 aromatic carbocycles. The van der Waals surface area contributed by atoms with Crippen LogP contribution in [-0.4, -0.2) is 11.9 Å². The molecule has 2 aliphatic rings. The summed E-state index contributed by atoms with van der Waals surface area (Å²) in [5.41, 5.74) is -1.25. The summed E-state index contributed by atoms with van der Waals surface area (Å²) in [6, 6.07) is 18.4. The second-order valence-electron chi connectivity index (χ2n) is 9.47. The Balaban J connectivity index is 1.56. The lowest BCUT2D eigenvalue weighted by atomic mass is 9.77. The van der Waals surface area contributed by atoms with Crippen LogP contribution in [0.4, 0.5) is 33.3 Å². The highest BCUT2D eigenvalue weighted by molar-refractivity contribution is 5.99. The molecule has 0 N–H and O–H groups in total. The van der Waals surface area contributed by atoms with Gasteiger partial charge in [-0.1, -0.05) is 48.5 Å². The van der Waals surface area contributed by atoms with Crippen molar-refractivity contribution in [2.75, 3.05) is 4.90 Å². The van der Waals surface area contributed by atoms with Crippen molar-refractivity contribution in [2.24, 2.45) is 4.99 Å². The number of anilines is 1. The largest absolute Gasteiger partial charge is 0.459 e. The van der Waals surface area contributed by atoms with E-state index in [1.165, 1.54) is 4.90 Å². The monoisotopic (exact) mass is 494 g/mol. The highest BCUT2D eigenvalue weighted by atomic mass is 19.2. The summed E-state index contributed by atoms with van der Waals surface area (Å²) in [4.78, 5) is 6.25. The summed E-state index contributed by atoms with van der Waals surface area (Å²) < 4.78 is 78.0. The van der Waals surface area contributed by atoms with E-state index in [0.717, 1.165) is 16.3 Å². The molecular formula is C28H19F5N2O. The first kappa shape index (κ1) is 22.5. The molecule has 0 saturated carbocycles. The normalized spacial score (nSPS) is 19.5. The molecule has 3 nitrogen and oxygen atoms in total. The van der Waals surface area contributed by atoms with E-state index in [4.69, 9.17) is 9.73 Å². The Hall–Kier alpha value is -3.94. The van der Waals surface area contributed by atoms with Gasteiger partial charge in [0, 0.05) is 16.6 Å². The highest BCUT2D eigenvalue weighted by Crippen LogP contribution is 2.55. The van der Waals surface area contributed by atoms with Crippen LogP contribution in [-0.2, 0) is 12.0 Å². The average molecular weight is 494 g/mol. The minimum atomic E-state index is -2.19. The fraction of sp³-hybridized carbons (Fsp3) is 0.179. The molecule has 0 amide bonds. The van der Waals surface area contributed by atoms with E-state index in [0.29, 0.717) is 17.1 Å². The number of fused-ring (bicyclic) bond motifs is 4. The van der Waals surface area contributed by atoms with Crippen LogP contribution in [0.1, 0.15) is 25.0 Å². The van der Waals surface area contributed by atoms with Gasteiger partial charge in [0.15, 0.2) is 23.3 Å². The molecule has 0 radical (unpaired) electrons. The van der Waals surface area contributed by atoms with Crippen molar-refractivity contribution >= 4 is 28.4 Å². The van der Waals surface area contributed by atoms with Gasteiger partial charge in [0.1, 0.15) is 11.4 Å². The van der Waals surface area contributed by atoms with Gasteiger partial charge in [-0.25, -0.2) is 22.0 Å². The second-order valence-corrected chi connectivity index (χ2v) is 9.47. The van der Waals surface area contributed by atoms with Crippen molar-refractivity contribution in [1.29, 1.82) is 0 Å². The van der Waals surface area contributed by atoms with Crippen molar-refractivity contribution in [3.05, 3.63) is 101 Å². The fourth-order valence-corrected chi connectivity index (χ4v) is 5.31. The zero-order chi connectivity index (χ0) is 25.4. The Morgan fingerprint density at radius 1 is 0.778 bits per heavy atom. The van der Waals surface area contributed by atoms with Gasteiger partial charge in [-0.2, -0.15) is 0 Å². The molecule has 6 rings (SSSR count). The van der Waals surface area contributed by atoms with Crippen molar-refractivity contribution in [3.8, 4) is 5.75 Å². The molecule has 1 unspecified atom stereocenters. The first-order valence-electron chi connectivity index (χ1n) is 11.3. The zero-order valence-corrected chi connectivity index (χ0v) is 19.3. The minimum Gasteiger partial charge on any atom is -0.459 e. The number of hydrogen-bond acceptors (Lipinski definition) is 3. The SMILES string of the molecule is CC1(C)c2ccccc2N(Cc2c(F)c(F)c(F)c(F)c2F)C12C=Nc1c(ccc3ccccc13)O2. The van der Waals surface area contributed by atoms with Crippen molar-refractivity contribution in [2.45, 2.75) is 31.5 Å². The van der Waals surface area contributed by atoms with Gasteiger partial charge >= 0.3 is 0 Å². The second kappa shape index (κ2) is 7.53. The number of rotatable bonds is 2. The predicted octanol–water partition coefficient (Wildman–Crippen LogP) is 7.32. The molecular weight excluding hydrogens is 475 g/mol. The Kier molecular flexibility index (Phi) is 4.71. The zero-order valence-electron chi connectivity index (χ0n) is 19.3. The summed E-state index contributed by atoms with van der Waals surface area (Å²) in [5.74, 6) is -9.47. The van der Waals surface area contributed by atoms with Gasteiger partial charge in [0.25, 0.3) is 0 Å². The number of aliphatic imine (C=N–C) groups is 1. The van der Waals surface area contributed by atoms with E-state index in [2.05, 4.69) is 0 Å². The van der Waals surface area contributed by atoms with Crippen LogP contribution in [0.2, 0.25) is 0 Å². The van der Waals surface area contributed by atoms with E-state index in [9.17, 15) is 22.0 Å². The molecule has 2 aliphatic heterocycles. The molecule has 0 fully saturated rings. The minimum absolute atomic E-state index is 0.444. The van der Waals surface area contributed by atoms with Crippen LogP contribution in [0, 0.1) is 29.1 Å². The molecule has 182 valence electrons. The molecule has 36 heavy (non-hydrogen) atoms. The summed E-state index contributed by atoms with van der Waals surface area (Å²) in [6.45, 7) is 3.14. The van der Waals surface area contributed by atoms with Gasteiger partial charge in [-0.3, -0.25) is 4.99 Å². The Morgan fingerprint density at radius 2 is 1.42 bits per heavy atom. The third-order valence-corrected chi connectivity index (χ3v) is 7.28. The molecule has 4 aromatic rings. The Labute approximate surface area is 203 Å². The lowest BCUT2D eigenvalue weighted by molar-refractivity contribution is 0.0759. The third-order valence-electron chi connectivity index (χ3n) is 7.28. The van der Waals surface area contributed by atoms with Crippen LogP contribution in [0.25, 0.3) is 10.8 Å². The van der Waals surface area contributed by atoms with Gasteiger partial charge in [0.05, 0.1) is 18.2 Å².